The summed E-state index contributed by atoms with van der Waals surface area (Å²) in [5.41, 5.74) is 0. The van der Waals surface area contributed by atoms with E-state index in [1.54, 1.807) is 12.1 Å². The van der Waals surface area contributed by atoms with Crippen LogP contribution in [0.5, 0.6) is 0 Å². The average molecular weight is 142 g/mol. The predicted molar refractivity (Wildman–Crippen MR) is 41.4 cm³/mol. The Morgan fingerprint density at radius 1 is 1.30 bits per heavy atom. The molecule has 0 fully saturated rings. The second kappa shape index (κ2) is 4.00. The molecule has 0 N–H and O–H groups in total. The van der Waals surface area contributed by atoms with Crippen molar-refractivity contribution in [2.24, 2.45) is 10.2 Å². The number of hydrogen-bond acceptors (Lipinski definition) is 4. The van der Waals surface area contributed by atoms with E-state index in [4.69, 9.17) is 0 Å². The van der Waals surface area contributed by atoms with E-state index >= 15 is 0 Å². The van der Waals surface area contributed by atoms with E-state index in [-0.39, 0.29) is 0 Å². The Bertz CT molecular complexity index is 139. The molecule has 0 aliphatic carbocycles. The Labute approximate surface area is 61.8 Å². The highest BCUT2D eigenvalue weighted by Gasteiger charge is 2.00. The summed E-state index contributed by atoms with van der Waals surface area (Å²) in [4.78, 5) is 0. The maximum absolute atomic E-state index is 3.76. The van der Waals surface area contributed by atoms with Gasteiger partial charge in [0.25, 0.3) is 0 Å². The van der Waals surface area contributed by atoms with E-state index in [1.807, 2.05) is 26.2 Å². The minimum atomic E-state index is 0.632. The van der Waals surface area contributed by atoms with Crippen molar-refractivity contribution in [1.82, 2.24) is 10.0 Å². The Balaban J connectivity index is 3.95. The third kappa shape index (κ3) is 2.59. The van der Waals surface area contributed by atoms with Gasteiger partial charge >= 0.3 is 0 Å². The minimum Gasteiger partial charge on any atom is -0.292 e. The van der Waals surface area contributed by atoms with E-state index in [2.05, 4.69) is 16.8 Å². The molecule has 4 heteroatoms. The first kappa shape index (κ1) is 9.10. The first-order valence-corrected chi connectivity index (χ1v) is 2.99. The number of azo groups is 1. The largest absolute Gasteiger partial charge is 0.292 e. The van der Waals surface area contributed by atoms with Crippen LogP contribution in [0.3, 0.4) is 0 Å². The Kier molecular flexibility index (Phi) is 3.64. The van der Waals surface area contributed by atoms with Gasteiger partial charge in [-0.25, -0.2) is 5.01 Å². The van der Waals surface area contributed by atoms with Gasteiger partial charge in [0.1, 0.15) is 0 Å². The highest BCUT2D eigenvalue weighted by molar-refractivity contribution is 4.85. The lowest BCUT2D eigenvalue weighted by molar-refractivity contribution is 0.0964. The molecule has 0 saturated carbocycles. The van der Waals surface area contributed by atoms with E-state index in [0.29, 0.717) is 5.82 Å². The Hall–Kier alpha value is -0.900. The third-order valence-corrected chi connectivity index (χ3v) is 1.19. The molecule has 4 nitrogen and oxygen atoms in total. The standard InChI is InChI=1S/C6H14N4/c1-6(8-7-2)10(5)9(3)4/h1H2,2-5H3. The van der Waals surface area contributed by atoms with Gasteiger partial charge < -0.3 is 0 Å². The van der Waals surface area contributed by atoms with Crippen molar-refractivity contribution >= 4 is 0 Å². The molecular weight excluding hydrogens is 128 g/mol. The number of hydrazine groups is 1. The van der Waals surface area contributed by atoms with Crippen LogP contribution in [0.25, 0.3) is 0 Å². The van der Waals surface area contributed by atoms with Crippen LogP contribution in [0.1, 0.15) is 0 Å². The second-order valence-corrected chi connectivity index (χ2v) is 2.09. The van der Waals surface area contributed by atoms with Gasteiger partial charge in [-0.05, 0) is 0 Å². The first-order chi connectivity index (χ1) is 4.59. The van der Waals surface area contributed by atoms with Crippen LogP contribution in [0.2, 0.25) is 0 Å². The first-order valence-electron chi connectivity index (χ1n) is 2.99. The lowest BCUT2D eigenvalue weighted by atomic mass is 10.8. The summed E-state index contributed by atoms with van der Waals surface area (Å²) in [5, 5.41) is 11.0. The quantitative estimate of drug-likeness (QED) is 0.434. The molecule has 0 heterocycles. The molecule has 0 amide bonds. The highest BCUT2D eigenvalue weighted by atomic mass is 15.6. The molecule has 0 aliphatic rings. The van der Waals surface area contributed by atoms with Crippen LogP contribution in [0.4, 0.5) is 0 Å². The van der Waals surface area contributed by atoms with E-state index < -0.39 is 0 Å². The third-order valence-electron chi connectivity index (χ3n) is 1.19. The predicted octanol–water partition coefficient (Wildman–Crippen LogP) is 0.948. The second-order valence-electron chi connectivity index (χ2n) is 2.09. The van der Waals surface area contributed by atoms with Gasteiger partial charge in [-0.2, -0.15) is 5.11 Å². The topological polar surface area (TPSA) is 31.2 Å². The fourth-order valence-corrected chi connectivity index (χ4v) is 0.411. The summed E-state index contributed by atoms with van der Waals surface area (Å²) in [6.07, 6.45) is 0. The molecule has 58 valence electrons. The number of hydrogen-bond donors (Lipinski definition) is 0. The molecule has 0 radical (unpaired) electrons. The molecule has 0 rings (SSSR count). The maximum Gasteiger partial charge on any atom is 0.157 e. The smallest absolute Gasteiger partial charge is 0.157 e. The summed E-state index contributed by atoms with van der Waals surface area (Å²) in [5.74, 6) is 0.632. The fourth-order valence-electron chi connectivity index (χ4n) is 0.411. The lowest BCUT2D eigenvalue weighted by Gasteiger charge is -2.24. The summed E-state index contributed by atoms with van der Waals surface area (Å²) < 4.78 is 0. The zero-order valence-corrected chi connectivity index (χ0v) is 7.00. The normalized spacial score (nSPS) is 10.9. The summed E-state index contributed by atoms with van der Waals surface area (Å²) in [6, 6.07) is 0. The minimum absolute atomic E-state index is 0.632. The Morgan fingerprint density at radius 3 is 2.10 bits per heavy atom. The Morgan fingerprint density at radius 2 is 1.80 bits per heavy atom. The molecule has 0 bridgehead atoms. The SMILES string of the molecule is C=C(N=NC)N(C)N(C)C. The van der Waals surface area contributed by atoms with Gasteiger partial charge in [0, 0.05) is 28.2 Å². The van der Waals surface area contributed by atoms with Crippen LogP contribution >= 0.6 is 0 Å². The number of nitrogens with zero attached hydrogens (tertiary/aromatic N) is 4. The molecule has 10 heavy (non-hydrogen) atoms. The summed E-state index contributed by atoms with van der Waals surface area (Å²) in [7, 11) is 7.32. The van der Waals surface area contributed by atoms with E-state index in [0.717, 1.165) is 0 Å². The molecule has 0 atom stereocenters. The maximum atomic E-state index is 3.76. The van der Waals surface area contributed by atoms with Crippen LogP contribution in [0.15, 0.2) is 22.6 Å². The van der Waals surface area contributed by atoms with Crippen LogP contribution in [0, 0.1) is 0 Å². The molecule has 0 aromatic rings. The molecule has 0 aromatic heterocycles. The van der Waals surface area contributed by atoms with Crippen molar-refractivity contribution in [2.45, 2.75) is 0 Å². The average Bonchev–Trinajstić information content (AvgIpc) is 1.87. The molecular formula is C6H14N4. The molecule has 0 aliphatic heterocycles. The number of rotatable bonds is 3. The van der Waals surface area contributed by atoms with Crippen LogP contribution in [-0.2, 0) is 0 Å². The molecule has 0 saturated heterocycles. The molecule has 0 aromatic carbocycles. The van der Waals surface area contributed by atoms with Crippen molar-refractivity contribution < 1.29 is 0 Å². The van der Waals surface area contributed by atoms with Crippen LogP contribution < -0.4 is 0 Å². The van der Waals surface area contributed by atoms with Crippen LogP contribution in [-0.4, -0.2) is 38.2 Å². The zero-order valence-electron chi connectivity index (χ0n) is 7.00. The highest BCUT2D eigenvalue weighted by Crippen LogP contribution is 2.00. The van der Waals surface area contributed by atoms with E-state index in [1.165, 1.54) is 0 Å². The van der Waals surface area contributed by atoms with E-state index in [9.17, 15) is 0 Å². The van der Waals surface area contributed by atoms with Gasteiger partial charge in [-0.15, -0.1) is 5.11 Å². The summed E-state index contributed by atoms with van der Waals surface area (Å²) in [6.45, 7) is 3.69. The monoisotopic (exact) mass is 142 g/mol. The summed E-state index contributed by atoms with van der Waals surface area (Å²) >= 11 is 0. The van der Waals surface area contributed by atoms with Crippen molar-refractivity contribution in [2.75, 3.05) is 28.2 Å². The lowest BCUT2D eigenvalue weighted by Crippen LogP contribution is -2.31. The van der Waals surface area contributed by atoms with Crippen molar-refractivity contribution in [1.29, 1.82) is 0 Å². The zero-order chi connectivity index (χ0) is 8.15. The van der Waals surface area contributed by atoms with Crippen molar-refractivity contribution in [3.05, 3.63) is 12.4 Å². The molecule has 0 unspecified atom stereocenters. The van der Waals surface area contributed by atoms with Gasteiger partial charge in [-0.1, -0.05) is 6.58 Å². The fraction of sp³-hybridized carbons (Fsp3) is 0.667. The molecule has 0 spiro atoms. The van der Waals surface area contributed by atoms with Gasteiger partial charge in [0.05, 0.1) is 0 Å². The van der Waals surface area contributed by atoms with Gasteiger partial charge in [0.15, 0.2) is 5.82 Å². The van der Waals surface area contributed by atoms with Crippen molar-refractivity contribution in [3.63, 3.8) is 0 Å². The van der Waals surface area contributed by atoms with Gasteiger partial charge in [0.2, 0.25) is 0 Å². The van der Waals surface area contributed by atoms with Crippen molar-refractivity contribution in [3.8, 4) is 0 Å². The van der Waals surface area contributed by atoms with Gasteiger partial charge in [-0.3, -0.25) is 5.01 Å².